The average Bonchev–Trinajstić information content (AvgIpc) is 2.35. The quantitative estimate of drug-likeness (QED) is 0.873. The van der Waals surface area contributed by atoms with Gasteiger partial charge in [0, 0.05) is 6.04 Å². The Bertz CT molecular complexity index is 621. The molecule has 0 saturated heterocycles. The number of nitrogens with zero attached hydrogens (tertiary/aromatic N) is 1. The third kappa shape index (κ3) is 4.73. The Morgan fingerprint density at radius 1 is 1.18 bits per heavy atom. The first kappa shape index (κ1) is 18.5. The van der Waals surface area contributed by atoms with E-state index in [2.05, 4.69) is 5.32 Å². The molecule has 0 unspecified atom stereocenters. The summed E-state index contributed by atoms with van der Waals surface area (Å²) in [5, 5.41) is 2.84. The van der Waals surface area contributed by atoms with Crippen LogP contribution in [-0.2, 0) is 14.8 Å². The first-order chi connectivity index (χ1) is 10.1. The molecule has 0 radical (unpaired) electrons. The van der Waals surface area contributed by atoms with Crippen molar-refractivity contribution in [2.45, 2.75) is 53.1 Å². The third-order valence-corrected chi connectivity index (χ3v) is 4.79. The highest BCUT2D eigenvalue weighted by atomic mass is 32.2. The van der Waals surface area contributed by atoms with Crippen LogP contribution in [0.25, 0.3) is 0 Å². The van der Waals surface area contributed by atoms with Crippen molar-refractivity contribution in [3.8, 4) is 0 Å². The number of hydrogen-bond acceptors (Lipinski definition) is 3. The van der Waals surface area contributed by atoms with E-state index < -0.39 is 16.1 Å². The number of benzene rings is 1. The van der Waals surface area contributed by atoms with E-state index in [9.17, 15) is 13.2 Å². The fourth-order valence-electron chi connectivity index (χ4n) is 2.35. The van der Waals surface area contributed by atoms with Crippen LogP contribution in [0, 0.1) is 13.8 Å². The van der Waals surface area contributed by atoms with Gasteiger partial charge in [0.15, 0.2) is 0 Å². The van der Waals surface area contributed by atoms with Gasteiger partial charge in [0.2, 0.25) is 15.9 Å². The molecule has 5 nitrogen and oxygen atoms in total. The second-order valence-electron chi connectivity index (χ2n) is 5.90. The van der Waals surface area contributed by atoms with Gasteiger partial charge < -0.3 is 5.32 Å². The highest BCUT2D eigenvalue weighted by Gasteiger charge is 2.29. The van der Waals surface area contributed by atoms with Crippen LogP contribution in [0.3, 0.4) is 0 Å². The van der Waals surface area contributed by atoms with Crippen molar-refractivity contribution in [3.63, 3.8) is 0 Å². The van der Waals surface area contributed by atoms with Gasteiger partial charge in [0.25, 0.3) is 0 Å². The van der Waals surface area contributed by atoms with Gasteiger partial charge in [-0.15, -0.1) is 0 Å². The second-order valence-corrected chi connectivity index (χ2v) is 7.76. The third-order valence-electron chi connectivity index (χ3n) is 3.55. The Labute approximate surface area is 133 Å². The minimum absolute atomic E-state index is 0.00982. The van der Waals surface area contributed by atoms with Crippen LogP contribution in [0.5, 0.6) is 0 Å². The lowest BCUT2D eigenvalue weighted by atomic mass is 10.1. The summed E-state index contributed by atoms with van der Waals surface area (Å²) in [4.78, 5) is 12.3. The second kappa shape index (κ2) is 7.13. The normalized spacial score (nSPS) is 14.3. The molecule has 0 aliphatic rings. The Hall–Kier alpha value is -1.56. The molecule has 0 bridgehead atoms. The number of amides is 1. The molecular weight excluding hydrogens is 300 g/mol. The zero-order chi connectivity index (χ0) is 17.1. The van der Waals surface area contributed by atoms with Crippen molar-refractivity contribution < 1.29 is 13.2 Å². The Morgan fingerprint density at radius 3 is 2.09 bits per heavy atom. The lowest BCUT2D eigenvalue weighted by Gasteiger charge is -2.29. The molecule has 1 aromatic carbocycles. The van der Waals surface area contributed by atoms with Crippen molar-refractivity contribution >= 4 is 21.6 Å². The van der Waals surface area contributed by atoms with Gasteiger partial charge in [-0.1, -0.05) is 13.0 Å². The molecule has 0 aromatic heterocycles. The monoisotopic (exact) mass is 326 g/mol. The van der Waals surface area contributed by atoms with Crippen LogP contribution in [-0.4, -0.2) is 32.7 Å². The van der Waals surface area contributed by atoms with Gasteiger partial charge in [-0.05, 0) is 57.4 Å². The van der Waals surface area contributed by atoms with Crippen LogP contribution in [0.4, 0.5) is 5.69 Å². The number of carbonyl (C=O) groups is 1. The molecule has 0 fully saturated rings. The summed E-state index contributed by atoms with van der Waals surface area (Å²) in [5.41, 5.74) is 2.43. The summed E-state index contributed by atoms with van der Waals surface area (Å²) in [6, 6.07) is 4.73. The number of aryl methyl sites for hydroxylation is 2. The molecule has 1 amide bonds. The van der Waals surface area contributed by atoms with E-state index in [0.29, 0.717) is 5.69 Å². The first-order valence-corrected chi connectivity index (χ1v) is 9.29. The maximum Gasteiger partial charge on any atom is 0.243 e. The molecule has 6 heteroatoms. The number of anilines is 1. The Balaban J connectivity index is 3.22. The van der Waals surface area contributed by atoms with Gasteiger partial charge >= 0.3 is 0 Å². The van der Waals surface area contributed by atoms with E-state index >= 15 is 0 Å². The van der Waals surface area contributed by atoms with Crippen LogP contribution < -0.4 is 9.62 Å². The van der Waals surface area contributed by atoms with Gasteiger partial charge in [0.05, 0.1) is 11.9 Å². The predicted octanol–water partition coefficient (Wildman–Crippen LogP) is 2.37. The highest BCUT2D eigenvalue weighted by Crippen LogP contribution is 2.23. The number of carbonyl (C=O) groups excluding carboxylic acids is 1. The summed E-state index contributed by atoms with van der Waals surface area (Å²) in [5.74, 6) is -0.293. The summed E-state index contributed by atoms with van der Waals surface area (Å²) in [6.45, 7) is 9.28. The smallest absolute Gasteiger partial charge is 0.243 e. The number of sulfonamides is 1. The standard InChI is InChI=1S/C16H26N2O3S/c1-7-13(4)17-16(19)14(5)18(22(6,20)21)15-9-11(2)8-12(3)10-15/h8-10,13-14H,7H2,1-6H3,(H,17,19)/t13-,14-/m1/s1. The van der Waals surface area contributed by atoms with Crippen molar-refractivity contribution in [1.29, 1.82) is 0 Å². The molecule has 0 aliphatic carbocycles. The lowest BCUT2D eigenvalue weighted by Crippen LogP contribution is -2.49. The summed E-state index contributed by atoms with van der Waals surface area (Å²) < 4.78 is 25.6. The van der Waals surface area contributed by atoms with Crippen molar-refractivity contribution in [2.24, 2.45) is 0 Å². The van der Waals surface area contributed by atoms with Crippen LogP contribution in [0.15, 0.2) is 18.2 Å². The van der Waals surface area contributed by atoms with Gasteiger partial charge in [-0.2, -0.15) is 0 Å². The molecule has 124 valence electrons. The number of hydrogen-bond donors (Lipinski definition) is 1. The largest absolute Gasteiger partial charge is 0.352 e. The zero-order valence-corrected chi connectivity index (χ0v) is 15.0. The molecule has 0 spiro atoms. The summed E-state index contributed by atoms with van der Waals surface area (Å²) >= 11 is 0. The van der Waals surface area contributed by atoms with Crippen molar-refractivity contribution in [2.75, 3.05) is 10.6 Å². The minimum Gasteiger partial charge on any atom is -0.352 e. The summed E-state index contributed by atoms with van der Waals surface area (Å²) in [7, 11) is -3.57. The fraction of sp³-hybridized carbons (Fsp3) is 0.562. The van der Waals surface area contributed by atoms with Gasteiger partial charge in [-0.25, -0.2) is 8.42 Å². The molecule has 0 heterocycles. The van der Waals surface area contributed by atoms with E-state index in [0.717, 1.165) is 23.8 Å². The number of nitrogens with one attached hydrogen (secondary N) is 1. The molecule has 1 rings (SSSR count). The SMILES string of the molecule is CC[C@@H](C)NC(=O)[C@@H](C)N(c1cc(C)cc(C)c1)S(C)(=O)=O. The minimum atomic E-state index is -3.57. The lowest BCUT2D eigenvalue weighted by molar-refractivity contribution is -0.122. The summed E-state index contributed by atoms with van der Waals surface area (Å²) in [6.07, 6.45) is 1.92. The van der Waals surface area contributed by atoms with Crippen molar-refractivity contribution in [3.05, 3.63) is 29.3 Å². The molecule has 1 N–H and O–H groups in total. The fourth-order valence-corrected chi connectivity index (χ4v) is 3.51. The topological polar surface area (TPSA) is 66.5 Å². The molecule has 22 heavy (non-hydrogen) atoms. The Morgan fingerprint density at radius 2 is 1.68 bits per heavy atom. The van der Waals surface area contributed by atoms with E-state index in [-0.39, 0.29) is 11.9 Å². The molecule has 0 saturated carbocycles. The number of rotatable bonds is 6. The maximum atomic E-state index is 12.3. The maximum absolute atomic E-state index is 12.3. The van der Waals surface area contributed by atoms with E-state index in [4.69, 9.17) is 0 Å². The zero-order valence-electron chi connectivity index (χ0n) is 14.2. The highest BCUT2D eigenvalue weighted by molar-refractivity contribution is 7.92. The first-order valence-electron chi connectivity index (χ1n) is 7.44. The van der Waals surface area contributed by atoms with Gasteiger partial charge in [-0.3, -0.25) is 9.10 Å². The predicted molar refractivity (Wildman–Crippen MR) is 90.6 cm³/mol. The van der Waals surface area contributed by atoms with Crippen molar-refractivity contribution in [1.82, 2.24) is 5.32 Å². The van der Waals surface area contributed by atoms with Crippen LogP contribution in [0.2, 0.25) is 0 Å². The van der Waals surface area contributed by atoms with E-state index in [1.54, 1.807) is 19.1 Å². The van der Waals surface area contributed by atoms with Gasteiger partial charge in [0.1, 0.15) is 6.04 Å². The molecule has 0 aliphatic heterocycles. The van der Waals surface area contributed by atoms with Crippen LogP contribution >= 0.6 is 0 Å². The molecular formula is C16H26N2O3S. The molecule has 1 aromatic rings. The van der Waals surface area contributed by atoms with E-state index in [1.165, 1.54) is 4.31 Å². The van der Waals surface area contributed by atoms with E-state index in [1.807, 2.05) is 33.8 Å². The Kier molecular flexibility index (Phi) is 6.00. The molecule has 2 atom stereocenters. The van der Waals surface area contributed by atoms with Crippen LogP contribution in [0.1, 0.15) is 38.3 Å². The average molecular weight is 326 g/mol.